The summed E-state index contributed by atoms with van der Waals surface area (Å²) in [7, 11) is -0.710. The van der Waals surface area contributed by atoms with Crippen molar-refractivity contribution in [2.75, 3.05) is 12.3 Å². The largest absolute Gasteiger partial charge is 0.309 e. The molecule has 1 aromatic rings. The van der Waals surface area contributed by atoms with Crippen molar-refractivity contribution in [2.45, 2.75) is 44.4 Å². The summed E-state index contributed by atoms with van der Waals surface area (Å²) in [6.45, 7) is 7.46. The van der Waals surface area contributed by atoms with E-state index in [-0.39, 0.29) is 6.04 Å². The van der Waals surface area contributed by atoms with E-state index in [2.05, 4.69) is 50.4 Å². The number of rotatable bonds is 2. The van der Waals surface area contributed by atoms with E-state index in [4.69, 9.17) is 0 Å². The molecule has 3 atom stereocenters. The third-order valence-corrected chi connectivity index (χ3v) is 5.52. The summed E-state index contributed by atoms with van der Waals surface area (Å²) in [5.74, 6) is 1.30. The molecule has 3 heteroatoms. The number of benzene rings is 1. The van der Waals surface area contributed by atoms with Crippen molar-refractivity contribution in [3.63, 3.8) is 0 Å². The Morgan fingerprint density at radius 3 is 2.56 bits per heavy atom. The Bertz CT molecular complexity index is 413. The van der Waals surface area contributed by atoms with Crippen molar-refractivity contribution in [2.24, 2.45) is 0 Å². The Labute approximate surface area is 113 Å². The Kier molecular flexibility index (Phi) is 4.57. The molecule has 0 radical (unpaired) electrons. The fraction of sp³-hybridized carbons (Fsp3) is 0.600. The Balaban J connectivity index is 2.13. The van der Waals surface area contributed by atoms with E-state index in [1.807, 2.05) is 0 Å². The van der Waals surface area contributed by atoms with E-state index in [1.54, 1.807) is 0 Å². The molecule has 100 valence electrons. The van der Waals surface area contributed by atoms with E-state index < -0.39 is 10.8 Å². The van der Waals surface area contributed by atoms with Crippen molar-refractivity contribution in [1.82, 2.24) is 5.32 Å². The first-order valence-electron chi connectivity index (χ1n) is 6.78. The summed E-state index contributed by atoms with van der Waals surface area (Å²) >= 11 is 0. The molecule has 1 aliphatic rings. The van der Waals surface area contributed by atoms with E-state index in [1.165, 1.54) is 11.1 Å². The van der Waals surface area contributed by atoms with Gasteiger partial charge in [0.2, 0.25) is 0 Å². The zero-order chi connectivity index (χ0) is 13.1. The molecular formula is C15H23NOS. The zero-order valence-electron chi connectivity index (χ0n) is 11.5. The summed E-state index contributed by atoms with van der Waals surface area (Å²) in [6, 6.07) is 9.00. The highest BCUT2D eigenvalue weighted by molar-refractivity contribution is 7.85. The van der Waals surface area contributed by atoms with Gasteiger partial charge in [-0.1, -0.05) is 45.0 Å². The van der Waals surface area contributed by atoms with Gasteiger partial charge in [-0.3, -0.25) is 4.21 Å². The van der Waals surface area contributed by atoms with Gasteiger partial charge in [0.15, 0.2) is 0 Å². The highest BCUT2D eigenvalue weighted by Crippen LogP contribution is 2.22. The maximum atomic E-state index is 12.0. The van der Waals surface area contributed by atoms with Crippen molar-refractivity contribution >= 4 is 10.8 Å². The third-order valence-electron chi connectivity index (χ3n) is 3.73. The highest BCUT2D eigenvalue weighted by atomic mass is 32.2. The van der Waals surface area contributed by atoms with Gasteiger partial charge in [0.05, 0.1) is 0 Å². The molecule has 1 saturated heterocycles. The van der Waals surface area contributed by atoms with Crippen LogP contribution in [0.5, 0.6) is 0 Å². The molecule has 0 bridgehead atoms. The molecule has 2 nitrogen and oxygen atoms in total. The summed E-state index contributed by atoms with van der Waals surface area (Å²) in [4.78, 5) is 0. The van der Waals surface area contributed by atoms with Crippen LogP contribution in [0.2, 0.25) is 0 Å². The molecule has 1 N–H and O–H groups in total. The summed E-state index contributed by atoms with van der Waals surface area (Å²) in [5.41, 5.74) is 2.63. The first kappa shape index (κ1) is 13.8. The van der Waals surface area contributed by atoms with E-state index >= 15 is 0 Å². The Hall–Kier alpha value is -0.670. The molecule has 0 saturated carbocycles. The topological polar surface area (TPSA) is 29.1 Å². The lowest BCUT2D eigenvalue weighted by Gasteiger charge is -2.16. The van der Waals surface area contributed by atoms with Crippen LogP contribution in [0.15, 0.2) is 24.3 Å². The van der Waals surface area contributed by atoms with Gasteiger partial charge in [0.25, 0.3) is 0 Å². The summed E-state index contributed by atoms with van der Waals surface area (Å²) in [6.07, 6.45) is 1.01. The maximum absolute atomic E-state index is 12.0. The molecule has 0 aliphatic carbocycles. The second-order valence-electron chi connectivity index (χ2n) is 5.47. The lowest BCUT2D eigenvalue weighted by Crippen LogP contribution is -2.23. The number of hydrogen-bond donors (Lipinski definition) is 1. The fourth-order valence-electron chi connectivity index (χ4n) is 2.31. The van der Waals surface area contributed by atoms with E-state index in [0.717, 1.165) is 18.7 Å². The van der Waals surface area contributed by atoms with Crippen molar-refractivity contribution < 1.29 is 4.21 Å². The van der Waals surface area contributed by atoms with Crippen LogP contribution in [-0.2, 0) is 10.8 Å². The van der Waals surface area contributed by atoms with Gasteiger partial charge < -0.3 is 5.32 Å². The molecule has 0 amide bonds. The monoisotopic (exact) mass is 265 g/mol. The Morgan fingerprint density at radius 1 is 1.28 bits per heavy atom. The molecule has 18 heavy (non-hydrogen) atoms. The van der Waals surface area contributed by atoms with E-state index in [9.17, 15) is 4.21 Å². The molecule has 1 aliphatic heterocycles. The van der Waals surface area contributed by atoms with Gasteiger partial charge in [0.1, 0.15) is 0 Å². The normalized spacial score (nSPS) is 29.2. The van der Waals surface area contributed by atoms with Crippen molar-refractivity contribution in [3.05, 3.63) is 35.4 Å². The molecular weight excluding hydrogens is 242 g/mol. The van der Waals surface area contributed by atoms with Crippen LogP contribution in [0, 0.1) is 0 Å². The second-order valence-corrected chi connectivity index (χ2v) is 7.37. The van der Waals surface area contributed by atoms with Gasteiger partial charge in [-0.15, -0.1) is 0 Å². The van der Waals surface area contributed by atoms with Gasteiger partial charge in [-0.05, 0) is 30.0 Å². The maximum Gasteiger partial charge on any atom is 0.0436 e. The first-order valence-corrected chi connectivity index (χ1v) is 8.16. The minimum atomic E-state index is -0.710. The quantitative estimate of drug-likeness (QED) is 0.890. The molecule has 3 unspecified atom stereocenters. The van der Waals surface area contributed by atoms with Gasteiger partial charge >= 0.3 is 0 Å². The smallest absolute Gasteiger partial charge is 0.0436 e. The fourth-order valence-corrected chi connectivity index (χ4v) is 3.66. The molecule has 1 fully saturated rings. The number of hydrogen-bond acceptors (Lipinski definition) is 2. The first-order chi connectivity index (χ1) is 8.58. The van der Waals surface area contributed by atoms with Crippen molar-refractivity contribution in [3.8, 4) is 0 Å². The van der Waals surface area contributed by atoms with Crippen LogP contribution in [0.4, 0.5) is 0 Å². The van der Waals surface area contributed by atoms with Gasteiger partial charge in [-0.25, -0.2) is 0 Å². The minimum Gasteiger partial charge on any atom is -0.309 e. The lowest BCUT2D eigenvalue weighted by atomic mass is 9.99. The molecule has 0 aromatic heterocycles. The van der Waals surface area contributed by atoms with Crippen LogP contribution in [0.1, 0.15) is 50.3 Å². The second kappa shape index (κ2) is 5.98. The summed E-state index contributed by atoms with van der Waals surface area (Å²) < 4.78 is 12.0. The summed E-state index contributed by atoms with van der Waals surface area (Å²) in [5, 5.41) is 3.83. The van der Waals surface area contributed by atoms with Crippen LogP contribution in [0.3, 0.4) is 0 Å². The predicted molar refractivity (Wildman–Crippen MR) is 78.4 cm³/mol. The molecule has 1 heterocycles. The molecule has 1 aromatic carbocycles. The standard InChI is InChI=1S/C15H23NOS/c1-11(2)13-4-6-14(7-5-13)15-10-18(17)12(3)8-9-16-15/h4-7,11-12,15-16H,8-10H2,1-3H3. The third kappa shape index (κ3) is 3.21. The predicted octanol–water partition coefficient (Wildman–Crippen LogP) is 2.98. The average Bonchev–Trinajstić information content (AvgIpc) is 2.52. The number of nitrogens with one attached hydrogen (secondary N) is 1. The van der Waals surface area contributed by atoms with Gasteiger partial charge in [-0.2, -0.15) is 0 Å². The highest BCUT2D eigenvalue weighted by Gasteiger charge is 2.22. The van der Waals surface area contributed by atoms with Crippen molar-refractivity contribution in [1.29, 1.82) is 0 Å². The SMILES string of the molecule is CC(C)c1ccc(C2CS(=O)C(C)CCN2)cc1. The Morgan fingerprint density at radius 2 is 1.94 bits per heavy atom. The van der Waals surface area contributed by atoms with Crippen LogP contribution in [-0.4, -0.2) is 21.8 Å². The van der Waals surface area contributed by atoms with Crippen LogP contribution in [0.25, 0.3) is 0 Å². The van der Waals surface area contributed by atoms with E-state index in [0.29, 0.717) is 11.2 Å². The van der Waals surface area contributed by atoms with Gasteiger partial charge in [0, 0.05) is 27.8 Å². The lowest BCUT2D eigenvalue weighted by molar-refractivity contribution is 0.578. The van der Waals surface area contributed by atoms with Crippen LogP contribution < -0.4 is 5.32 Å². The zero-order valence-corrected chi connectivity index (χ0v) is 12.3. The minimum absolute atomic E-state index is 0.247. The molecule has 0 spiro atoms. The average molecular weight is 265 g/mol. The molecule has 2 rings (SSSR count). The van der Waals surface area contributed by atoms with Crippen LogP contribution >= 0.6 is 0 Å².